The molecule has 0 radical (unpaired) electrons. The third-order valence-corrected chi connectivity index (χ3v) is 4.32. The fourth-order valence-electron chi connectivity index (χ4n) is 1.94. The van der Waals surface area contributed by atoms with E-state index in [1.54, 1.807) is 22.7 Å². The number of nitrogens with two attached hydrogens (primary N) is 1. The van der Waals surface area contributed by atoms with Crippen molar-refractivity contribution < 1.29 is 0 Å². The number of hydrogen-bond donors (Lipinski definition) is 2. The molecule has 17 heavy (non-hydrogen) atoms. The number of aromatic nitrogens is 1. The van der Waals surface area contributed by atoms with Crippen molar-refractivity contribution in [3.8, 4) is 0 Å². The molecule has 2 heterocycles. The standard InChI is InChI=1S/C12H11N3S2/c13-15-11(10-6-16-7-14-10)9-3-1-2-8-4-5-17-12(8)9/h1-7,11,15H,13H2. The van der Waals surface area contributed by atoms with Crippen LogP contribution in [0, 0.1) is 0 Å². The quantitative estimate of drug-likeness (QED) is 0.563. The van der Waals surface area contributed by atoms with Crippen molar-refractivity contribution >= 4 is 32.8 Å². The number of thiophene rings is 1. The van der Waals surface area contributed by atoms with Gasteiger partial charge in [-0.15, -0.1) is 22.7 Å². The van der Waals surface area contributed by atoms with Crippen LogP contribution in [0.15, 0.2) is 40.5 Å². The van der Waals surface area contributed by atoms with E-state index in [2.05, 4.69) is 40.1 Å². The molecule has 1 unspecified atom stereocenters. The van der Waals surface area contributed by atoms with E-state index in [0.717, 1.165) is 5.69 Å². The Bertz CT molecular complexity index is 616. The van der Waals surface area contributed by atoms with Gasteiger partial charge < -0.3 is 0 Å². The molecule has 2 aromatic heterocycles. The number of hydrogen-bond acceptors (Lipinski definition) is 5. The van der Waals surface area contributed by atoms with Gasteiger partial charge in [0.05, 0.1) is 17.2 Å². The maximum Gasteiger partial charge on any atom is 0.0903 e. The van der Waals surface area contributed by atoms with Crippen molar-refractivity contribution in [2.75, 3.05) is 0 Å². The number of nitrogens with one attached hydrogen (secondary N) is 1. The molecule has 0 spiro atoms. The van der Waals surface area contributed by atoms with E-state index < -0.39 is 0 Å². The van der Waals surface area contributed by atoms with Crippen molar-refractivity contribution in [2.45, 2.75) is 6.04 Å². The topological polar surface area (TPSA) is 50.9 Å². The lowest BCUT2D eigenvalue weighted by Gasteiger charge is -2.14. The Kier molecular flexibility index (Phi) is 2.90. The van der Waals surface area contributed by atoms with Crippen molar-refractivity contribution in [2.24, 2.45) is 5.84 Å². The molecule has 0 aliphatic rings. The number of benzene rings is 1. The lowest BCUT2D eigenvalue weighted by molar-refractivity contribution is 0.628. The zero-order valence-electron chi connectivity index (χ0n) is 8.96. The van der Waals surface area contributed by atoms with Gasteiger partial charge in [-0.25, -0.2) is 10.4 Å². The first-order valence-corrected chi connectivity index (χ1v) is 7.02. The highest BCUT2D eigenvalue weighted by Gasteiger charge is 2.17. The van der Waals surface area contributed by atoms with Gasteiger partial charge in [-0.2, -0.15) is 0 Å². The summed E-state index contributed by atoms with van der Waals surface area (Å²) >= 11 is 3.32. The molecule has 1 aromatic carbocycles. The number of thiazole rings is 1. The van der Waals surface area contributed by atoms with E-state index >= 15 is 0 Å². The summed E-state index contributed by atoms with van der Waals surface area (Å²) in [6.07, 6.45) is 0. The van der Waals surface area contributed by atoms with Gasteiger partial charge in [-0.1, -0.05) is 18.2 Å². The van der Waals surface area contributed by atoms with Gasteiger partial charge in [0.2, 0.25) is 0 Å². The van der Waals surface area contributed by atoms with Crippen LogP contribution in [0.3, 0.4) is 0 Å². The predicted octanol–water partition coefficient (Wildman–Crippen LogP) is 2.91. The zero-order chi connectivity index (χ0) is 11.7. The number of fused-ring (bicyclic) bond motifs is 1. The molecular formula is C12H11N3S2. The molecule has 0 aliphatic heterocycles. The summed E-state index contributed by atoms with van der Waals surface area (Å²) in [4.78, 5) is 4.34. The average molecular weight is 261 g/mol. The Hall–Kier alpha value is -1.27. The first-order chi connectivity index (χ1) is 8.40. The molecule has 0 fully saturated rings. The summed E-state index contributed by atoms with van der Waals surface area (Å²) in [5.74, 6) is 5.68. The minimum atomic E-state index is -0.0383. The number of hydrazine groups is 1. The van der Waals surface area contributed by atoms with Crippen molar-refractivity contribution in [3.63, 3.8) is 0 Å². The first kappa shape index (κ1) is 10.9. The van der Waals surface area contributed by atoms with Crippen LogP contribution in [-0.4, -0.2) is 4.98 Å². The predicted molar refractivity (Wildman–Crippen MR) is 73.1 cm³/mol. The van der Waals surface area contributed by atoms with Crippen molar-refractivity contribution in [3.05, 3.63) is 51.8 Å². The van der Waals surface area contributed by atoms with Crippen LogP contribution in [-0.2, 0) is 0 Å². The molecule has 3 nitrogen and oxygen atoms in total. The molecule has 3 aromatic rings. The Morgan fingerprint density at radius 1 is 1.29 bits per heavy atom. The SMILES string of the molecule is NNC(c1cscn1)c1cccc2ccsc12. The average Bonchev–Trinajstić information content (AvgIpc) is 3.00. The van der Waals surface area contributed by atoms with Gasteiger partial charge in [0.25, 0.3) is 0 Å². The van der Waals surface area contributed by atoms with Crippen LogP contribution in [0.4, 0.5) is 0 Å². The third kappa shape index (κ3) is 1.87. The normalized spacial score (nSPS) is 13.0. The Morgan fingerprint density at radius 3 is 3.00 bits per heavy atom. The zero-order valence-corrected chi connectivity index (χ0v) is 10.6. The van der Waals surface area contributed by atoms with Crippen LogP contribution in [0.25, 0.3) is 10.1 Å². The largest absolute Gasteiger partial charge is 0.271 e. The van der Waals surface area contributed by atoms with Crippen LogP contribution < -0.4 is 11.3 Å². The number of nitrogens with zero attached hydrogens (tertiary/aromatic N) is 1. The summed E-state index contributed by atoms with van der Waals surface area (Å²) in [5, 5.41) is 5.38. The van der Waals surface area contributed by atoms with Crippen LogP contribution >= 0.6 is 22.7 Å². The molecule has 0 saturated carbocycles. The molecule has 0 bridgehead atoms. The molecule has 0 aliphatic carbocycles. The van der Waals surface area contributed by atoms with Gasteiger partial charge in [0, 0.05) is 10.1 Å². The fourth-order valence-corrected chi connectivity index (χ4v) is 3.47. The maximum absolute atomic E-state index is 5.68. The summed E-state index contributed by atoms with van der Waals surface area (Å²) in [6, 6.07) is 8.36. The van der Waals surface area contributed by atoms with Crippen LogP contribution in [0.5, 0.6) is 0 Å². The minimum absolute atomic E-state index is 0.0383. The van der Waals surface area contributed by atoms with E-state index in [9.17, 15) is 0 Å². The minimum Gasteiger partial charge on any atom is -0.271 e. The van der Waals surface area contributed by atoms with Gasteiger partial charge in [-0.05, 0) is 22.4 Å². The highest BCUT2D eigenvalue weighted by atomic mass is 32.1. The summed E-state index contributed by atoms with van der Waals surface area (Å²) in [6.45, 7) is 0. The molecule has 3 rings (SSSR count). The second-order valence-electron chi connectivity index (χ2n) is 3.70. The van der Waals surface area contributed by atoms with E-state index in [-0.39, 0.29) is 6.04 Å². The smallest absolute Gasteiger partial charge is 0.0903 e. The molecule has 3 N–H and O–H groups in total. The molecule has 5 heteroatoms. The third-order valence-electron chi connectivity index (χ3n) is 2.73. The molecule has 1 atom stereocenters. The van der Waals surface area contributed by atoms with E-state index in [1.807, 2.05) is 10.9 Å². The molecule has 0 amide bonds. The highest BCUT2D eigenvalue weighted by molar-refractivity contribution is 7.17. The van der Waals surface area contributed by atoms with Gasteiger partial charge in [-0.3, -0.25) is 5.84 Å². The molecule has 86 valence electrons. The Labute approximate surface area is 107 Å². The summed E-state index contributed by atoms with van der Waals surface area (Å²) < 4.78 is 1.27. The van der Waals surface area contributed by atoms with Gasteiger partial charge in [0.1, 0.15) is 0 Å². The number of rotatable bonds is 3. The van der Waals surface area contributed by atoms with Gasteiger partial charge in [0.15, 0.2) is 0 Å². The second-order valence-corrected chi connectivity index (χ2v) is 5.33. The summed E-state index contributed by atoms with van der Waals surface area (Å²) in [5.41, 5.74) is 6.84. The second kappa shape index (κ2) is 4.54. The van der Waals surface area contributed by atoms with E-state index in [0.29, 0.717) is 0 Å². The molecule has 0 saturated heterocycles. The monoisotopic (exact) mass is 261 g/mol. The van der Waals surface area contributed by atoms with E-state index in [4.69, 9.17) is 5.84 Å². The van der Waals surface area contributed by atoms with Gasteiger partial charge >= 0.3 is 0 Å². The molecular weight excluding hydrogens is 250 g/mol. The fraction of sp³-hybridized carbons (Fsp3) is 0.0833. The van der Waals surface area contributed by atoms with Crippen LogP contribution in [0.2, 0.25) is 0 Å². The van der Waals surface area contributed by atoms with Crippen LogP contribution in [0.1, 0.15) is 17.3 Å². The van der Waals surface area contributed by atoms with Crippen molar-refractivity contribution in [1.82, 2.24) is 10.4 Å². The summed E-state index contributed by atoms with van der Waals surface area (Å²) in [7, 11) is 0. The van der Waals surface area contributed by atoms with E-state index in [1.165, 1.54) is 15.6 Å². The Balaban J connectivity index is 2.16. The van der Waals surface area contributed by atoms with Crippen molar-refractivity contribution in [1.29, 1.82) is 0 Å². The lowest BCUT2D eigenvalue weighted by atomic mass is 10.0. The maximum atomic E-state index is 5.68. The highest BCUT2D eigenvalue weighted by Crippen LogP contribution is 2.31. The Morgan fingerprint density at radius 2 is 2.24 bits per heavy atom. The lowest BCUT2D eigenvalue weighted by Crippen LogP contribution is -2.29. The first-order valence-electron chi connectivity index (χ1n) is 5.20.